The van der Waals surface area contributed by atoms with Gasteiger partial charge in [0.15, 0.2) is 11.3 Å². The summed E-state index contributed by atoms with van der Waals surface area (Å²) in [6.45, 7) is 6.05. The predicted octanol–water partition coefficient (Wildman–Crippen LogP) is 5.76. The largest absolute Gasteiger partial charge is 0.289 e. The summed E-state index contributed by atoms with van der Waals surface area (Å²) in [6, 6.07) is 25.9. The minimum atomic E-state index is -0.170. The molecule has 3 aromatic heterocycles. The first-order valence-electron chi connectivity index (χ1n) is 11.9. The van der Waals surface area contributed by atoms with Gasteiger partial charge in [0.1, 0.15) is 16.7 Å². The molecule has 0 radical (unpaired) electrons. The zero-order valence-electron chi connectivity index (χ0n) is 19.9. The van der Waals surface area contributed by atoms with E-state index in [2.05, 4.69) is 31.2 Å². The van der Waals surface area contributed by atoms with Crippen LogP contribution in [0.25, 0.3) is 38.9 Å². The summed E-state index contributed by atoms with van der Waals surface area (Å²) in [5.41, 5.74) is 6.42. The van der Waals surface area contributed by atoms with Gasteiger partial charge >= 0.3 is 0 Å². The summed E-state index contributed by atoms with van der Waals surface area (Å²) in [5, 5.41) is 0.492. The fourth-order valence-corrected chi connectivity index (χ4v) is 4.87. The van der Waals surface area contributed by atoms with E-state index in [4.69, 9.17) is 15.0 Å². The van der Waals surface area contributed by atoms with E-state index in [1.54, 1.807) is 4.57 Å². The molecule has 0 aliphatic rings. The zero-order chi connectivity index (χ0) is 24.1. The molecule has 0 N–H and O–H groups in total. The predicted molar refractivity (Wildman–Crippen MR) is 140 cm³/mol. The molecular weight excluding hydrogens is 434 g/mol. The van der Waals surface area contributed by atoms with Crippen molar-refractivity contribution in [2.45, 2.75) is 33.2 Å². The molecule has 1 unspecified atom stereocenters. The van der Waals surface area contributed by atoms with Gasteiger partial charge in [0.25, 0.3) is 5.56 Å². The minimum absolute atomic E-state index is 0.109. The minimum Gasteiger partial charge on any atom is -0.289 e. The molecule has 0 fully saturated rings. The third-order valence-corrected chi connectivity index (χ3v) is 6.76. The topological polar surface area (TPSA) is 65.6 Å². The van der Waals surface area contributed by atoms with E-state index in [0.717, 1.165) is 28.7 Å². The molecule has 35 heavy (non-hydrogen) atoms. The van der Waals surface area contributed by atoms with E-state index in [1.807, 2.05) is 73.0 Å². The number of aryl methyl sites for hydroxylation is 2. The Balaban J connectivity index is 1.73. The van der Waals surface area contributed by atoms with E-state index in [1.165, 1.54) is 5.56 Å². The molecule has 0 aliphatic carbocycles. The second-order valence-corrected chi connectivity index (χ2v) is 8.86. The number of para-hydroxylation sites is 2. The van der Waals surface area contributed by atoms with Crippen molar-refractivity contribution in [3.05, 3.63) is 106 Å². The summed E-state index contributed by atoms with van der Waals surface area (Å²) < 4.78 is 3.73. The number of fused-ring (bicyclic) bond motifs is 4. The smallest absolute Gasteiger partial charge is 0.265 e. The molecule has 6 nitrogen and oxygen atoms in total. The molecule has 172 valence electrons. The molecule has 3 heterocycles. The van der Waals surface area contributed by atoms with Crippen LogP contribution in [-0.4, -0.2) is 24.1 Å². The Labute approximate surface area is 202 Å². The zero-order valence-corrected chi connectivity index (χ0v) is 19.9. The van der Waals surface area contributed by atoms with Crippen LogP contribution in [0.3, 0.4) is 0 Å². The maximum absolute atomic E-state index is 14.1. The number of benzene rings is 3. The standard InChI is InChI=1S/C29H25N5O/c1-4-20-14-16-22(17-15-20)34-27-25(26-28(34)32-24-13-9-8-12-23(24)31-26)29(35)33(19(3)30-27)18(2)21-10-6-5-7-11-21/h5-18H,4H2,1-3H3. The van der Waals surface area contributed by atoms with E-state index in [-0.39, 0.29) is 11.6 Å². The first-order chi connectivity index (χ1) is 17.1. The van der Waals surface area contributed by atoms with Crippen LogP contribution in [-0.2, 0) is 6.42 Å². The molecular formula is C29H25N5O. The Morgan fingerprint density at radius 3 is 2.14 bits per heavy atom. The summed E-state index contributed by atoms with van der Waals surface area (Å²) in [5.74, 6) is 0.651. The molecule has 6 heteroatoms. The summed E-state index contributed by atoms with van der Waals surface area (Å²) >= 11 is 0. The van der Waals surface area contributed by atoms with Crippen molar-refractivity contribution in [2.75, 3.05) is 0 Å². The van der Waals surface area contributed by atoms with Crippen LogP contribution in [0.2, 0.25) is 0 Å². The summed E-state index contributed by atoms with van der Waals surface area (Å²) in [6.07, 6.45) is 0.956. The van der Waals surface area contributed by atoms with Crippen LogP contribution >= 0.6 is 0 Å². The second-order valence-electron chi connectivity index (χ2n) is 8.86. The lowest BCUT2D eigenvalue weighted by molar-refractivity contribution is 0.587. The van der Waals surface area contributed by atoms with Crippen molar-refractivity contribution in [2.24, 2.45) is 0 Å². The number of hydrogen-bond acceptors (Lipinski definition) is 4. The van der Waals surface area contributed by atoms with Crippen LogP contribution in [0.5, 0.6) is 0 Å². The Bertz CT molecular complexity index is 1770. The van der Waals surface area contributed by atoms with Crippen LogP contribution in [0.4, 0.5) is 0 Å². The number of rotatable bonds is 4. The van der Waals surface area contributed by atoms with Crippen molar-refractivity contribution in [3.63, 3.8) is 0 Å². The highest BCUT2D eigenvalue weighted by atomic mass is 16.1. The summed E-state index contributed by atoms with van der Waals surface area (Å²) in [7, 11) is 0. The van der Waals surface area contributed by atoms with Crippen LogP contribution in [0.15, 0.2) is 83.7 Å². The first-order valence-corrected chi connectivity index (χ1v) is 11.9. The number of aromatic nitrogens is 5. The lowest BCUT2D eigenvalue weighted by Crippen LogP contribution is -2.27. The van der Waals surface area contributed by atoms with E-state index in [0.29, 0.717) is 28.0 Å². The van der Waals surface area contributed by atoms with Crippen LogP contribution in [0, 0.1) is 6.92 Å². The second kappa shape index (κ2) is 8.17. The van der Waals surface area contributed by atoms with Gasteiger partial charge in [-0.15, -0.1) is 0 Å². The normalized spacial score (nSPS) is 12.5. The molecule has 0 amide bonds. The van der Waals surface area contributed by atoms with Crippen molar-refractivity contribution in [1.29, 1.82) is 0 Å². The highest BCUT2D eigenvalue weighted by molar-refractivity contribution is 6.05. The van der Waals surface area contributed by atoms with Gasteiger partial charge in [0.05, 0.1) is 17.1 Å². The molecule has 0 spiro atoms. The molecule has 1 atom stereocenters. The van der Waals surface area contributed by atoms with Gasteiger partial charge in [-0.1, -0.05) is 61.5 Å². The van der Waals surface area contributed by atoms with Crippen molar-refractivity contribution in [1.82, 2.24) is 24.1 Å². The summed E-state index contributed by atoms with van der Waals surface area (Å²) in [4.78, 5) is 28.9. The van der Waals surface area contributed by atoms with Gasteiger partial charge in [-0.25, -0.2) is 15.0 Å². The van der Waals surface area contributed by atoms with Gasteiger partial charge in [0, 0.05) is 5.69 Å². The monoisotopic (exact) mass is 459 g/mol. The fourth-order valence-electron chi connectivity index (χ4n) is 4.87. The quantitative estimate of drug-likeness (QED) is 0.336. The highest BCUT2D eigenvalue weighted by Gasteiger charge is 2.24. The molecule has 0 aliphatic heterocycles. The Morgan fingerprint density at radius 2 is 1.46 bits per heavy atom. The SMILES string of the molecule is CCc1ccc(-n2c3nc4ccccc4nc3c3c(=O)n(C(C)c4ccccc4)c(C)nc32)cc1. The number of hydrogen-bond donors (Lipinski definition) is 0. The molecule has 3 aromatic carbocycles. The van der Waals surface area contributed by atoms with Gasteiger partial charge in [-0.3, -0.25) is 13.9 Å². The molecule has 0 saturated carbocycles. The van der Waals surface area contributed by atoms with Crippen LogP contribution < -0.4 is 5.56 Å². The Morgan fingerprint density at radius 1 is 0.800 bits per heavy atom. The van der Waals surface area contributed by atoms with E-state index >= 15 is 0 Å². The number of nitrogens with zero attached hydrogens (tertiary/aromatic N) is 5. The van der Waals surface area contributed by atoms with Crippen molar-refractivity contribution >= 4 is 33.2 Å². The highest BCUT2D eigenvalue weighted by Crippen LogP contribution is 2.30. The maximum atomic E-state index is 14.1. The third-order valence-electron chi connectivity index (χ3n) is 6.76. The molecule has 0 bridgehead atoms. The van der Waals surface area contributed by atoms with Crippen molar-refractivity contribution < 1.29 is 0 Å². The Hall–Kier alpha value is -4.32. The first kappa shape index (κ1) is 21.2. The lowest BCUT2D eigenvalue weighted by atomic mass is 10.1. The van der Waals surface area contributed by atoms with E-state index < -0.39 is 0 Å². The third kappa shape index (κ3) is 3.33. The van der Waals surface area contributed by atoms with Gasteiger partial charge in [-0.05, 0) is 55.7 Å². The maximum Gasteiger partial charge on any atom is 0.265 e. The molecule has 0 saturated heterocycles. The average molecular weight is 460 g/mol. The lowest BCUT2D eigenvalue weighted by Gasteiger charge is -2.18. The van der Waals surface area contributed by atoms with E-state index in [9.17, 15) is 4.79 Å². The van der Waals surface area contributed by atoms with Gasteiger partial charge in [-0.2, -0.15) is 0 Å². The fraction of sp³-hybridized carbons (Fsp3) is 0.172. The Kier molecular flexibility index (Phi) is 4.95. The molecule has 6 aromatic rings. The molecule has 6 rings (SSSR count). The average Bonchev–Trinajstić information content (AvgIpc) is 3.20. The van der Waals surface area contributed by atoms with Crippen molar-refractivity contribution in [3.8, 4) is 5.69 Å². The van der Waals surface area contributed by atoms with Gasteiger partial charge in [0.2, 0.25) is 0 Å². The van der Waals surface area contributed by atoms with Crippen LogP contribution in [0.1, 0.15) is 36.8 Å². The van der Waals surface area contributed by atoms with Gasteiger partial charge < -0.3 is 0 Å².